The fourth-order valence-electron chi connectivity index (χ4n) is 1.94. The average Bonchev–Trinajstić information content (AvgIpc) is 2.96. The van der Waals surface area contributed by atoms with Gasteiger partial charge in [-0.2, -0.15) is 0 Å². The molecule has 1 aromatic carbocycles. The van der Waals surface area contributed by atoms with Gasteiger partial charge >= 0.3 is 5.88 Å². The van der Waals surface area contributed by atoms with Gasteiger partial charge in [-0.3, -0.25) is 14.9 Å². The van der Waals surface area contributed by atoms with E-state index in [1.807, 2.05) is 12.1 Å². The minimum atomic E-state index is -0.620. The highest BCUT2D eigenvalue weighted by Crippen LogP contribution is 2.33. The number of furan rings is 1. The number of nitrogens with one attached hydrogen (secondary N) is 1. The maximum absolute atomic E-state index is 11.8. The zero-order valence-electron chi connectivity index (χ0n) is 9.62. The summed E-state index contributed by atoms with van der Waals surface area (Å²) in [5.74, 6) is -0.327. The number of carbonyl (C=O) groups excluding carboxylic acids is 1. The van der Waals surface area contributed by atoms with Crippen LogP contribution in [0.15, 0.2) is 40.8 Å². The zero-order chi connectivity index (χ0) is 13.4. The van der Waals surface area contributed by atoms with Crippen LogP contribution in [0.4, 0.5) is 11.6 Å². The molecule has 1 aliphatic rings. The average molecular weight is 256 g/mol. The number of carbonyl (C=O) groups is 1. The highest BCUT2D eigenvalue weighted by atomic mass is 16.6. The van der Waals surface area contributed by atoms with Crippen molar-refractivity contribution >= 4 is 29.1 Å². The first-order chi connectivity index (χ1) is 9.15. The molecule has 0 spiro atoms. The van der Waals surface area contributed by atoms with Crippen molar-refractivity contribution in [1.29, 1.82) is 0 Å². The SMILES string of the molecule is O=C1Nc2ccccc2C1=Cc1ccc([N+](=O)[O-])o1. The Morgan fingerprint density at radius 3 is 2.74 bits per heavy atom. The number of anilines is 1. The number of hydrogen-bond donors (Lipinski definition) is 1. The molecule has 1 aliphatic heterocycles. The highest BCUT2D eigenvalue weighted by molar-refractivity contribution is 6.34. The minimum absolute atomic E-state index is 0.250. The van der Waals surface area contributed by atoms with Crippen LogP contribution in [-0.2, 0) is 4.79 Å². The lowest BCUT2D eigenvalue weighted by Crippen LogP contribution is -2.03. The summed E-state index contributed by atoms with van der Waals surface area (Å²) in [6.45, 7) is 0. The second-order valence-electron chi connectivity index (χ2n) is 3.99. The number of para-hydroxylation sites is 1. The van der Waals surface area contributed by atoms with Gasteiger partial charge in [0.2, 0.25) is 0 Å². The highest BCUT2D eigenvalue weighted by Gasteiger charge is 2.24. The Kier molecular flexibility index (Phi) is 2.42. The van der Waals surface area contributed by atoms with Gasteiger partial charge in [-0.15, -0.1) is 0 Å². The van der Waals surface area contributed by atoms with E-state index in [-0.39, 0.29) is 17.6 Å². The fraction of sp³-hybridized carbons (Fsp3) is 0. The number of amides is 1. The number of nitro groups is 1. The molecule has 0 atom stereocenters. The Hall–Kier alpha value is -2.89. The molecule has 0 fully saturated rings. The van der Waals surface area contributed by atoms with E-state index in [2.05, 4.69) is 5.32 Å². The summed E-state index contributed by atoms with van der Waals surface area (Å²) in [6, 6.07) is 9.94. The Morgan fingerprint density at radius 2 is 2.00 bits per heavy atom. The Morgan fingerprint density at radius 1 is 1.21 bits per heavy atom. The molecular weight excluding hydrogens is 248 g/mol. The maximum atomic E-state index is 11.8. The number of fused-ring (bicyclic) bond motifs is 1. The molecule has 1 N–H and O–H groups in total. The normalized spacial score (nSPS) is 15.4. The van der Waals surface area contributed by atoms with Gasteiger partial charge in [-0.25, -0.2) is 0 Å². The van der Waals surface area contributed by atoms with Crippen LogP contribution in [0.1, 0.15) is 11.3 Å². The van der Waals surface area contributed by atoms with Crippen molar-refractivity contribution in [3.63, 3.8) is 0 Å². The van der Waals surface area contributed by atoms with E-state index >= 15 is 0 Å². The van der Waals surface area contributed by atoms with E-state index < -0.39 is 4.92 Å². The summed E-state index contributed by atoms with van der Waals surface area (Å²) >= 11 is 0. The van der Waals surface area contributed by atoms with E-state index in [1.165, 1.54) is 18.2 Å². The third-order valence-electron chi connectivity index (χ3n) is 2.79. The van der Waals surface area contributed by atoms with Crippen LogP contribution in [0.25, 0.3) is 11.6 Å². The van der Waals surface area contributed by atoms with Crippen molar-refractivity contribution in [1.82, 2.24) is 0 Å². The van der Waals surface area contributed by atoms with E-state index in [0.717, 1.165) is 11.3 Å². The lowest BCUT2D eigenvalue weighted by atomic mass is 10.1. The quantitative estimate of drug-likeness (QED) is 0.508. The molecule has 0 saturated heterocycles. The smallest absolute Gasteiger partial charge is 0.401 e. The van der Waals surface area contributed by atoms with Crippen LogP contribution in [0, 0.1) is 10.1 Å². The van der Waals surface area contributed by atoms with Crippen molar-refractivity contribution in [2.45, 2.75) is 0 Å². The molecule has 1 amide bonds. The first-order valence-corrected chi connectivity index (χ1v) is 5.52. The first kappa shape index (κ1) is 11.2. The van der Waals surface area contributed by atoms with Crippen LogP contribution < -0.4 is 5.32 Å². The molecule has 0 bridgehead atoms. The molecule has 19 heavy (non-hydrogen) atoms. The Balaban J connectivity index is 2.03. The van der Waals surface area contributed by atoms with Crippen LogP contribution in [0.5, 0.6) is 0 Å². The molecule has 6 nitrogen and oxygen atoms in total. The second kappa shape index (κ2) is 4.09. The van der Waals surface area contributed by atoms with E-state index in [9.17, 15) is 14.9 Å². The maximum Gasteiger partial charge on any atom is 0.433 e. The van der Waals surface area contributed by atoms with Crippen molar-refractivity contribution in [2.24, 2.45) is 0 Å². The molecule has 1 aromatic heterocycles. The number of benzene rings is 1. The third kappa shape index (κ3) is 1.89. The van der Waals surface area contributed by atoms with Crippen LogP contribution in [0.2, 0.25) is 0 Å². The molecule has 6 heteroatoms. The van der Waals surface area contributed by atoms with Crippen LogP contribution in [0.3, 0.4) is 0 Å². The molecule has 0 saturated carbocycles. The molecule has 3 rings (SSSR count). The van der Waals surface area contributed by atoms with Crippen molar-refractivity contribution in [2.75, 3.05) is 5.32 Å². The largest absolute Gasteiger partial charge is 0.433 e. The molecular formula is C13H8N2O4. The lowest BCUT2D eigenvalue weighted by Gasteiger charge is -1.95. The predicted molar refractivity (Wildman–Crippen MR) is 68.3 cm³/mol. The lowest BCUT2D eigenvalue weighted by molar-refractivity contribution is -0.402. The van der Waals surface area contributed by atoms with Crippen LogP contribution >= 0.6 is 0 Å². The molecule has 2 heterocycles. The monoisotopic (exact) mass is 256 g/mol. The summed E-state index contributed by atoms with van der Waals surface area (Å²) in [5.41, 5.74) is 1.91. The standard InChI is InChI=1S/C13H8N2O4/c16-13-10(9-3-1-2-4-11(9)14-13)7-8-5-6-12(19-8)15(17)18/h1-7H,(H,14,16). The summed E-state index contributed by atoms with van der Waals surface area (Å²) in [5, 5.41) is 13.2. The van der Waals surface area contributed by atoms with Crippen molar-refractivity contribution < 1.29 is 14.1 Å². The van der Waals surface area contributed by atoms with Gasteiger partial charge in [0.05, 0.1) is 11.6 Å². The fourth-order valence-corrected chi connectivity index (χ4v) is 1.94. The van der Waals surface area contributed by atoms with Crippen molar-refractivity contribution in [3.05, 3.63) is 57.8 Å². The topological polar surface area (TPSA) is 85.4 Å². The number of hydrogen-bond acceptors (Lipinski definition) is 4. The summed E-state index contributed by atoms with van der Waals surface area (Å²) in [6.07, 6.45) is 1.49. The summed E-state index contributed by atoms with van der Waals surface area (Å²) in [4.78, 5) is 21.7. The molecule has 0 radical (unpaired) electrons. The third-order valence-corrected chi connectivity index (χ3v) is 2.79. The summed E-state index contributed by atoms with van der Waals surface area (Å²) in [7, 11) is 0. The molecule has 0 aliphatic carbocycles. The Bertz CT molecular complexity index is 715. The number of rotatable bonds is 2. The summed E-state index contributed by atoms with van der Waals surface area (Å²) < 4.78 is 5.01. The molecule has 94 valence electrons. The molecule has 2 aromatic rings. The number of nitrogens with zero attached hydrogens (tertiary/aromatic N) is 1. The van der Waals surface area contributed by atoms with Gasteiger partial charge in [0.1, 0.15) is 10.7 Å². The Labute approximate surface area is 107 Å². The first-order valence-electron chi connectivity index (χ1n) is 5.52. The zero-order valence-corrected chi connectivity index (χ0v) is 9.62. The van der Waals surface area contributed by atoms with Gasteiger partial charge < -0.3 is 9.73 Å². The van der Waals surface area contributed by atoms with Crippen molar-refractivity contribution in [3.8, 4) is 0 Å². The van der Waals surface area contributed by atoms with Gasteiger partial charge in [0.25, 0.3) is 5.91 Å². The van der Waals surface area contributed by atoms with Gasteiger partial charge in [-0.05, 0) is 18.2 Å². The predicted octanol–water partition coefficient (Wildman–Crippen LogP) is 2.68. The van der Waals surface area contributed by atoms with E-state index in [1.54, 1.807) is 12.1 Å². The minimum Gasteiger partial charge on any atom is -0.401 e. The van der Waals surface area contributed by atoms with Gasteiger partial charge in [-0.1, -0.05) is 18.2 Å². The second-order valence-corrected chi connectivity index (χ2v) is 3.99. The van der Waals surface area contributed by atoms with Gasteiger partial charge in [0.15, 0.2) is 0 Å². The molecule has 0 unspecified atom stereocenters. The van der Waals surface area contributed by atoms with Crippen LogP contribution in [-0.4, -0.2) is 10.8 Å². The van der Waals surface area contributed by atoms with Gasteiger partial charge in [0, 0.05) is 11.3 Å². The van der Waals surface area contributed by atoms with E-state index in [0.29, 0.717) is 5.57 Å². The van der Waals surface area contributed by atoms with E-state index in [4.69, 9.17) is 4.42 Å².